The molecular weight excluding hydrogens is 429 g/mol. The molecule has 0 amide bonds. The zero-order chi connectivity index (χ0) is 17.5. The molecule has 0 aromatic carbocycles. The van der Waals surface area contributed by atoms with Crippen molar-refractivity contribution in [2.75, 3.05) is 26.2 Å². The van der Waals surface area contributed by atoms with E-state index in [2.05, 4.69) is 64.9 Å². The third kappa shape index (κ3) is 6.40. The minimum absolute atomic E-state index is 0. The molecule has 1 fully saturated rings. The molecular formula is C17H34IN7. The van der Waals surface area contributed by atoms with Crippen LogP contribution in [0.1, 0.15) is 40.4 Å². The van der Waals surface area contributed by atoms with Crippen LogP contribution in [-0.4, -0.2) is 63.9 Å². The first kappa shape index (κ1) is 22.1. The molecule has 0 radical (unpaired) electrons. The first-order chi connectivity index (χ1) is 11.5. The molecule has 1 aromatic heterocycles. The Bertz CT molecular complexity index is 529. The summed E-state index contributed by atoms with van der Waals surface area (Å²) in [7, 11) is 0. The Morgan fingerprint density at radius 3 is 2.72 bits per heavy atom. The van der Waals surface area contributed by atoms with Crippen LogP contribution in [0.2, 0.25) is 0 Å². The molecule has 1 aliphatic heterocycles. The van der Waals surface area contributed by atoms with Gasteiger partial charge < -0.3 is 15.2 Å². The zero-order valence-corrected chi connectivity index (χ0v) is 18.5. The van der Waals surface area contributed by atoms with E-state index < -0.39 is 0 Å². The van der Waals surface area contributed by atoms with Crippen molar-refractivity contribution in [2.45, 2.75) is 59.7 Å². The monoisotopic (exact) mass is 463 g/mol. The number of aromatic nitrogens is 3. The molecule has 7 nitrogen and oxygen atoms in total. The molecule has 2 atom stereocenters. The van der Waals surface area contributed by atoms with Crippen LogP contribution in [0.15, 0.2) is 11.3 Å². The fourth-order valence-electron chi connectivity index (χ4n) is 3.12. The number of hydrogen-bond donors (Lipinski definition) is 2. The van der Waals surface area contributed by atoms with E-state index in [1.54, 1.807) is 6.33 Å². The number of rotatable bonds is 7. The first-order valence-electron chi connectivity index (χ1n) is 9.20. The smallest absolute Gasteiger partial charge is 0.191 e. The van der Waals surface area contributed by atoms with E-state index >= 15 is 0 Å². The van der Waals surface area contributed by atoms with E-state index in [-0.39, 0.29) is 24.0 Å². The quantitative estimate of drug-likeness (QED) is 0.366. The van der Waals surface area contributed by atoms with Gasteiger partial charge in [0.15, 0.2) is 5.96 Å². The average molecular weight is 463 g/mol. The number of aryl methyl sites for hydroxylation is 1. The van der Waals surface area contributed by atoms with Crippen molar-refractivity contribution in [1.29, 1.82) is 0 Å². The summed E-state index contributed by atoms with van der Waals surface area (Å²) >= 11 is 0. The summed E-state index contributed by atoms with van der Waals surface area (Å²) in [6, 6.07) is 1.05. The molecule has 25 heavy (non-hydrogen) atoms. The molecule has 0 saturated carbocycles. The highest BCUT2D eigenvalue weighted by Gasteiger charge is 2.31. The third-order valence-corrected chi connectivity index (χ3v) is 4.66. The Morgan fingerprint density at radius 1 is 1.36 bits per heavy atom. The van der Waals surface area contributed by atoms with Gasteiger partial charge >= 0.3 is 0 Å². The fraction of sp³-hybridized carbons (Fsp3) is 0.824. The number of halogens is 1. The van der Waals surface area contributed by atoms with Gasteiger partial charge in [-0.3, -0.25) is 9.89 Å². The Morgan fingerprint density at radius 2 is 2.12 bits per heavy atom. The molecule has 0 spiro atoms. The van der Waals surface area contributed by atoms with Crippen LogP contribution < -0.4 is 10.6 Å². The van der Waals surface area contributed by atoms with Crippen molar-refractivity contribution < 1.29 is 0 Å². The molecule has 0 bridgehead atoms. The normalized spacial score (nSPS) is 21.4. The first-order valence-corrected chi connectivity index (χ1v) is 9.20. The second-order valence-corrected chi connectivity index (χ2v) is 6.83. The van der Waals surface area contributed by atoms with Gasteiger partial charge in [0.05, 0.1) is 6.54 Å². The summed E-state index contributed by atoms with van der Waals surface area (Å²) < 4.78 is 2.08. The van der Waals surface area contributed by atoms with Gasteiger partial charge in [-0.05, 0) is 26.7 Å². The Labute approximate surface area is 169 Å². The minimum atomic E-state index is 0. The van der Waals surface area contributed by atoms with Crippen LogP contribution in [-0.2, 0) is 13.0 Å². The van der Waals surface area contributed by atoms with Gasteiger partial charge in [0.2, 0.25) is 0 Å². The average Bonchev–Trinajstić information content (AvgIpc) is 3.14. The summed E-state index contributed by atoms with van der Waals surface area (Å²) in [4.78, 5) is 7.26. The number of aliphatic imine (C=N–C) groups is 1. The van der Waals surface area contributed by atoms with Gasteiger partial charge in [0.25, 0.3) is 0 Å². The number of guanidine groups is 1. The summed E-state index contributed by atoms with van der Waals surface area (Å²) in [5.74, 6) is 2.55. The Kier molecular flexibility index (Phi) is 9.70. The minimum Gasteiger partial charge on any atom is -0.357 e. The van der Waals surface area contributed by atoms with Crippen LogP contribution in [0, 0.1) is 5.92 Å². The van der Waals surface area contributed by atoms with Crippen LogP contribution in [0.5, 0.6) is 0 Å². The van der Waals surface area contributed by atoms with Gasteiger partial charge in [0, 0.05) is 44.7 Å². The largest absolute Gasteiger partial charge is 0.357 e. The lowest BCUT2D eigenvalue weighted by molar-refractivity contribution is 0.265. The molecule has 1 aliphatic rings. The fourth-order valence-corrected chi connectivity index (χ4v) is 3.12. The van der Waals surface area contributed by atoms with Gasteiger partial charge in [-0.1, -0.05) is 13.8 Å². The molecule has 0 aliphatic carbocycles. The van der Waals surface area contributed by atoms with Crippen LogP contribution >= 0.6 is 24.0 Å². The van der Waals surface area contributed by atoms with Crippen LogP contribution in [0.4, 0.5) is 0 Å². The van der Waals surface area contributed by atoms with Crippen molar-refractivity contribution in [3.05, 3.63) is 12.2 Å². The highest BCUT2D eigenvalue weighted by atomic mass is 127. The summed E-state index contributed by atoms with van der Waals surface area (Å²) in [6.45, 7) is 15.7. The molecule has 2 unspecified atom stereocenters. The number of nitrogens with zero attached hydrogens (tertiary/aromatic N) is 5. The number of likely N-dealkylation sites (tertiary alicyclic amines) is 1. The third-order valence-electron chi connectivity index (χ3n) is 4.66. The van der Waals surface area contributed by atoms with E-state index in [0.29, 0.717) is 18.0 Å². The van der Waals surface area contributed by atoms with Gasteiger partial charge in [-0.2, -0.15) is 0 Å². The Hall–Kier alpha value is -0.900. The predicted molar refractivity (Wildman–Crippen MR) is 114 cm³/mol. The van der Waals surface area contributed by atoms with E-state index in [1.807, 2.05) is 0 Å². The second-order valence-electron chi connectivity index (χ2n) is 6.83. The molecule has 1 aromatic rings. The van der Waals surface area contributed by atoms with Crippen molar-refractivity contribution in [3.8, 4) is 0 Å². The maximum atomic E-state index is 4.73. The standard InChI is InChI=1S/C17H33N7.HI/c1-6-16-22-20-12-23(16)9-8-19-17(18-7-2)21-15-11-24(13(3)4)10-14(15)5;/h12-15H,6-11H2,1-5H3,(H2,18,19,21);1H. The topological polar surface area (TPSA) is 70.4 Å². The van der Waals surface area contributed by atoms with Gasteiger partial charge in [-0.25, -0.2) is 0 Å². The predicted octanol–water partition coefficient (Wildman–Crippen LogP) is 1.74. The van der Waals surface area contributed by atoms with Crippen molar-refractivity contribution >= 4 is 29.9 Å². The maximum absolute atomic E-state index is 4.73. The maximum Gasteiger partial charge on any atom is 0.191 e. The van der Waals surface area contributed by atoms with Crippen molar-refractivity contribution in [3.63, 3.8) is 0 Å². The molecule has 2 rings (SSSR count). The van der Waals surface area contributed by atoms with Crippen molar-refractivity contribution in [1.82, 2.24) is 30.3 Å². The molecule has 2 heterocycles. The van der Waals surface area contributed by atoms with E-state index in [0.717, 1.165) is 50.9 Å². The highest BCUT2D eigenvalue weighted by molar-refractivity contribution is 14.0. The summed E-state index contributed by atoms with van der Waals surface area (Å²) in [5.41, 5.74) is 0. The van der Waals surface area contributed by atoms with Gasteiger partial charge in [-0.15, -0.1) is 34.2 Å². The lowest BCUT2D eigenvalue weighted by atomic mass is 10.1. The number of hydrogen-bond acceptors (Lipinski definition) is 4. The molecule has 144 valence electrons. The summed E-state index contributed by atoms with van der Waals surface area (Å²) in [6.07, 6.45) is 2.68. The van der Waals surface area contributed by atoms with Crippen LogP contribution in [0.25, 0.3) is 0 Å². The molecule has 2 N–H and O–H groups in total. The lowest BCUT2D eigenvalue weighted by Crippen LogP contribution is -2.47. The van der Waals surface area contributed by atoms with Crippen LogP contribution in [0.3, 0.4) is 0 Å². The van der Waals surface area contributed by atoms with E-state index in [9.17, 15) is 0 Å². The van der Waals surface area contributed by atoms with E-state index in [4.69, 9.17) is 4.99 Å². The zero-order valence-electron chi connectivity index (χ0n) is 16.2. The lowest BCUT2D eigenvalue weighted by Gasteiger charge is -2.22. The second kappa shape index (κ2) is 10.9. The highest BCUT2D eigenvalue weighted by Crippen LogP contribution is 2.18. The summed E-state index contributed by atoms with van der Waals surface area (Å²) in [5, 5.41) is 15.1. The van der Waals surface area contributed by atoms with Gasteiger partial charge in [0.1, 0.15) is 12.2 Å². The Balaban J connectivity index is 0.00000312. The molecule has 1 saturated heterocycles. The van der Waals surface area contributed by atoms with E-state index in [1.165, 1.54) is 0 Å². The SMILES string of the molecule is CCNC(=NCCn1cnnc1CC)NC1CN(C(C)C)CC1C.I. The van der Waals surface area contributed by atoms with Crippen molar-refractivity contribution in [2.24, 2.45) is 10.9 Å². The number of nitrogens with one attached hydrogen (secondary N) is 2. The molecule has 8 heteroatoms.